The Morgan fingerprint density at radius 1 is 1.32 bits per heavy atom. The first-order chi connectivity index (χ1) is 11.8. The Kier molecular flexibility index (Phi) is 4.87. The summed E-state index contributed by atoms with van der Waals surface area (Å²) in [5, 5.41) is 2.91. The maximum atomic E-state index is 14.1. The van der Waals surface area contributed by atoms with Crippen LogP contribution >= 0.6 is 0 Å². The predicted molar refractivity (Wildman–Crippen MR) is 91.0 cm³/mol. The fourth-order valence-corrected chi connectivity index (χ4v) is 4.41. The summed E-state index contributed by atoms with van der Waals surface area (Å²) in [7, 11) is -0.423. The number of rotatable bonds is 6. The van der Waals surface area contributed by atoms with Crippen LogP contribution in [0.3, 0.4) is 0 Å². The van der Waals surface area contributed by atoms with E-state index in [9.17, 15) is 17.6 Å². The molecule has 0 unspecified atom stereocenters. The summed E-state index contributed by atoms with van der Waals surface area (Å²) in [6, 6.07) is 5.93. The van der Waals surface area contributed by atoms with Crippen LogP contribution < -0.4 is 5.32 Å². The standard InChI is InChI=1S/C17H23FN2O4S/c1-20(2)25(22,23)11-12-9-24-10-15(12)19-16(21)17(7-8-17)13-5-3-4-6-14(13)18/h3-6,12,15H,7-11H2,1-2H3,(H,19,21)/t12-,15+/m0/s1. The zero-order valence-corrected chi connectivity index (χ0v) is 15.2. The smallest absolute Gasteiger partial charge is 0.231 e. The molecule has 25 heavy (non-hydrogen) atoms. The van der Waals surface area contributed by atoms with E-state index in [0.717, 1.165) is 0 Å². The Bertz CT molecular complexity index is 762. The van der Waals surface area contributed by atoms with Crippen LogP contribution in [-0.2, 0) is 25.0 Å². The number of carbonyl (C=O) groups is 1. The molecular weight excluding hydrogens is 347 g/mol. The zero-order valence-electron chi connectivity index (χ0n) is 14.4. The van der Waals surface area contributed by atoms with E-state index in [1.165, 1.54) is 24.5 Å². The van der Waals surface area contributed by atoms with Gasteiger partial charge in [-0.05, 0) is 18.9 Å². The molecule has 0 bridgehead atoms. The third kappa shape index (κ3) is 3.56. The van der Waals surface area contributed by atoms with Gasteiger partial charge in [-0.15, -0.1) is 0 Å². The van der Waals surface area contributed by atoms with E-state index in [0.29, 0.717) is 18.4 Å². The summed E-state index contributed by atoms with van der Waals surface area (Å²) in [4.78, 5) is 12.8. The van der Waals surface area contributed by atoms with E-state index in [-0.39, 0.29) is 42.7 Å². The van der Waals surface area contributed by atoms with Crippen molar-refractivity contribution < 1.29 is 22.3 Å². The number of ether oxygens (including phenoxy) is 1. The van der Waals surface area contributed by atoms with Crippen molar-refractivity contribution in [2.24, 2.45) is 5.92 Å². The summed E-state index contributed by atoms with van der Waals surface area (Å²) in [5.41, 5.74) is -0.428. The molecule has 0 aromatic heterocycles. The van der Waals surface area contributed by atoms with E-state index in [1.54, 1.807) is 18.2 Å². The first-order valence-corrected chi connectivity index (χ1v) is 9.91. The highest BCUT2D eigenvalue weighted by Crippen LogP contribution is 2.49. The molecule has 1 saturated heterocycles. The summed E-state index contributed by atoms with van der Waals surface area (Å²) in [5.74, 6) is -1.03. The van der Waals surface area contributed by atoms with Gasteiger partial charge in [-0.3, -0.25) is 4.79 Å². The molecule has 0 radical (unpaired) electrons. The molecule has 1 aromatic carbocycles. The minimum atomic E-state index is -3.39. The molecule has 6 nitrogen and oxygen atoms in total. The number of hydrogen-bond acceptors (Lipinski definition) is 4. The van der Waals surface area contributed by atoms with E-state index < -0.39 is 15.4 Å². The SMILES string of the molecule is CN(C)S(=O)(=O)C[C@@H]1COC[C@H]1NC(=O)C1(c2ccccc2F)CC1. The second-order valence-corrected chi connectivity index (χ2v) is 9.23. The topological polar surface area (TPSA) is 75.7 Å². The van der Waals surface area contributed by atoms with Gasteiger partial charge in [-0.25, -0.2) is 17.1 Å². The van der Waals surface area contributed by atoms with Gasteiger partial charge >= 0.3 is 0 Å². The minimum Gasteiger partial charge on any atom is -0.379 e. The van der Waals surface area contributed by atoms with Crippen LogP contribution in [0, 0.1) is 11.7 Å². The van der Waals surface area contributed by atoms with Gasteiger partial charge in [0.15, 0.2) is 0 Å². The monoisotopic (exact) mass is 370 g/mol. The van der Waals surface area contributed by atoms with Crippen LogP contribution in [0.1, 0.15) is 18.4 Å². The lowest BCUT2D eigenvalue weighted by molar-refractivity contribution is -0.124. The average molecular weight is 370 g/mol. The van der Waals surface area contributed by atoms with Crippen molar-refractivity contribution in [3.8, 4) is 0 Å². The quantitative estimate of drug-likeness (QED) is 0.807. The lowest BCUT2D eigenvalue weighted by Crippen LogP contribution is -2.47. The van der Waals surface area contributed by atoms with Crippen LogP contribution in [0.2, 0.25) is 0 Å². The molecule has 1 saturated carbocycles. The van der Waals surface area contributed by atoms with E-state index in [2.05, 4.69) is 5.32 Å². The normalized spacial score (nSPS) is 25.1. The lowest BCUT2D eigenvalue weighted by Gasteiger charge is -2.24. The van der Waals surface area contributed by atoms with Crippen molar-refractivity contribution >= 4 is 15.9 Å². The Hall–Kier alpha value is -1.51. The molecule has 1 aromatic rings. The van der Waals surface area contributed by atoms with Crippen LogP contribution in [0.5, 0.6) is 0 Å². The number of hydrogen-bond donors (Lipinski definition) is 1. The van der Waals surface area contributed by atoms with E-state index >= 15 is 0 Å². The molecule has 1 aliphatic carbocycles. The van der Waals surface area contributed by atoms with Gasteiger partial charge in [0.05, 0.1) is 30.4 Å². The fourth-order valence-electron chi connectivity index (χ4n) is 3.24. The molecule has 3 rings (SSSR count). The molecule has 0 spiro atoms. The number of halogens is 1. The van der Waals surface area contributed by atoms with Gasteiger partial charge in [0.1, 0.15) is 5.82 Å². The van der Waals surface area contributed by atoms with Crippen molar-refractivity contribution in [2.75, 3.05) is 33.1 Å². The average Bonchev–Trinajstić information content (AvgIpc) is 3.25. The maximum Gasteiger partial charge on any atom is 0.231 e. The van der Waals surface area contributed by atoms with Crippen molar-refractivity contribution in [1.29, 1.82) is 0 Å². The van der Waals surface area contributed by atoms with Gasteiger partial charge in [0.2, 0.25) is 15.9 Å². The maximum absolute atomic E-state index is 14.1. The molecule has 1 heterocycles. The summed E-state index contributed by atoms with van der Waals surface area (Å²) >= 11 is 0. The first-order valence-electron chi connectivity index (χ1n) is 8.30. The number of carbonyl (C=O) groups excluding carboxylic acids is 1. The van der Waals surface area contributed by atoms with Crippen LogP contribution in [0.15, 0.2) is 24.3 Å². The van der Waals surface area contributed by atoms with Crippen LogP contribution in [0.4, 0.5) is 4.39 Å². The van der Waals surface area contributed by atoms with Gasteiger partial charge in [0, 0.05) is 25.6 Å². The molecule has 2 fully saturated rings. The van der Waals surface area contributed by atoms with Crippen molar-refractivity contribution in [3.63, 3.8) is 0 Å². The Morgan fingerprint density at radius 2 is 2.00 bits per heavy atom. The fraction of sp³-hybridized carbons (Fsp3) is 0.588. The highest BCUT2D eigenvalue weighted by Gasteiger charge is 2.53. The zero-order chi connectivity index (χ0) is 18.2. The Balaban J connectivity index is 1.71. The Labute approximate surface area is 147 Å². The molecule has 1 amide bonds. The second kappa shape index (κ2) is 6.66. The van der Waals surface area contributed by atoms with Crippen LogP contribution in [0.25, 0.3) is 0 Å². The van der Waals surface area contributed by atoms with Crippen molar-refractivity contribution in [2.45, 2.75) is 24.3 Å². The number of benzene rings is 1. The van der Waals surface area contributed by atoms with Crippen molar-refractivity contribution in [1.82, 2.24) is 9.62 Å². The molecule has 2 atom stereocenters. The third-order valence-electron chi connectivity index (χ3n) is 5.07. The highest BCUT2D eigenvalue weighted by molar-refractivity contribution is 7.89. The van der Waals surface area contributed by atoms with E-state index in [4.69, 9.17) is 4.74 Å². The van der Waals surface area contributed by atoms with Gasteiger partial charge < -0.3 is 10.1 Å². The van der Waals surface area contributed by atoms with Crippen LogP contribution in [-0.4, -0.2) is 57.7 Å². The summed E-state index contributed by atoms with van der Waals surface area (Å²) in [6.07, 6.45) is 1.18. The molecule has 2 aliphatic rings. The highest BCUT2D eigenvalue weighted by atomic mass is 32.2. The van der Waals surface area contributed by atoms with Crippen molar-refractivity contribution in [3.05, 3.63) is 35.6 Å². The number of sulfonamides is 1. The Morgan fingerprint density at radius 3 is 2.60 bits per heavy atom. The van der Waals surface area contributed by atoms with E-state index in [1.807, 2.05) is 0 Å². The van der Waals surface area contributed by atoms with Gasteiger partial charge in [0.25, 0.3) is 0 Å². The largest absolute Gasteiger partial charge is 0.379 e. The third-order valence-corrected chi connectivity index (χ3v) is 7.03. The van der Waals surface area contributed by atoms with Gasteiger partial charge in [-0.1, -0.05) is 18.2 Å². The van der Waals surface area contributed by atoms with Gasteiger partial charge in [-0.2, -0.15) is 0 Å². The molecular formula is C17H23FN2O4S. The minimum absolute atomic E-state index is 0.0857. The number of nitrogens with zero attached hydrogens (tertiary/aromatic N) is 1. The summed E-state index contributed by atoms with van der Waals surface area (Å²) in [6.45, 7) is 0.553. The predicted octanol–water partition coefficient (Wildman–Crippen LogP) is 0.880. The number of nitrogens with one attached hydrogen (secondary N) is 1. The first kappa shape index (κ1) is 18.3. The number of amides is 1. The lowest BCUT2D eigenvalue weighted by atomic mass is 9.93. The molecule has 138 valence electrons. The molecule has 8 heteroatoms. The molecule has 1 aliphatic heterocycles. The molecule has 1 N–H and O–H groups in total. The summed E-state index contributed by atoms with van der Waals surface area (Å²) < 4.78 is 44.9. The second-order valence-electron chi connectivity index (χ2n) is 7.00.